The molecular formula is C16H22ClN3S. The number of aromatic nitrogens is 2. The Kier molecular flexibility index (Phi) is 5.36. The molecule has 1 N–H and O–H groups in total. The Balaban J connectivity index is 2.38. The second-order valence-electron chi connectivity index (χ2n) is 6.05. The van der Waals surface area contributed by atoms with Crippen LogP contribution in [0.4, 0.5) is 0 Å². The maximum Gasteiger partial charge on any atom is 0.143 e. The van der Waals surface area contributed by atoms with Crippen molar-refractivity contribution in [1.82, 2.24) is 15.3 Å². The minimum absolute atomic E-state index is 0.0131. The van der Waals surface area contributed by atoms with Gasteiger partial charge in [-0.3, -0.25) is 4.98 Å². The van der Waals surface area contributed by atoms with Crippen LogP contribution in [0.25, 0.3) is 10.7 Å². The summed E-state index contributed by atoms with van der Waals surface area (Å²) in [4.78, 5) is 10.5. The molecule has 0 aliphatic heterocycles. The average molecular weight is 324 g/mol. The molecule has 3 nitrogen and oxygen atoms in total. The van der Waals surface area contributed by atoms with Crippen LogP contribution in [0.2, 0.25) is 5.02 Å². The van der Waals surface area contributed by atoms with E-state index in [1.807, 2.05) is 12.1 Å². The van der Waals surface area contributed by atoms with Gasteiger partial charge in [0.05, 0.1) is 10.7 Å². The van der Waals surface area contributed by atoms with Crippen LogP contribution in [0.15, 0.2) is 18.3 Å². The standard InChI is InChI=1S/C16H22ClN3S/c1-5-8-18-10-12-14(16(2,3)4)20-15(21-12)13-11(17)7-6-9-19-13/h6-7,9,18H,5,8,10H2,1-4H3. The Morgan fingerprint density at radius 1 is 1.33 bits per heavy atom. The van der Waals surface area contributed by atoms with Crippen LogP contribution in [0, 0.1) is 0 Å². The lowest BCUT2D eigenvalue weighted by Gasteiger charge is -2.17. The summed E-state index contributed by atoms with van der Waals surface area (Å²) in [6.07, 6.45) is 2.89. The first-order valence-corrected chi connectivity index (χ1v) is 8.44. The van der Waals surface area contributed by atoms with Gasteiger partial charge in [0.25, 0.3) is 0 Å². The molecule has 0 bridgehead atoms. The SMILES string of the molecule is CCCNCc1sc(-c2ncccc2Cl)nc1C(C)(C)C. The Bertz CT molecular complexity index is 602. The van der Waals surface area contributed by atoms with E-state index in [9.17, 15) is 0 Å². The summed E-state index contributed by atoms with van der Waals surface area (Å²) in [6, 6.07) is 3.70. The summed E-state index contributed by atoms with van der Waals surface area (Å²) in [6.45, 7) is 10.6. The molecule has 2 heterocycles. The van der Waals surface area contributed by atoms with Gasteiger partial charge in [-0.15, -0.1) is 11.3 Å². The lowest BCUT2D eigenvalue weighted by molar-refractivity contribution is 0.559. The predicted molar refractivity (Wildman–Crippen MR) is 91.1 cm³/mol. The average Bonchev–Trinajstić information content (AvgIpc) is 2.83. The van der Waals surface area contributed by atoms with E-state index in [-0.39, 0.29) is 5.41 Å². The Morgan fingerprint density at radius 3 is 2.71 bits per heavy atom. The van der Waals surface area contributed by atoms with Crippen LogP contribution in [0.1, 0.15) is 44.7 Å². The van der Waals surface area contributed by atoms with Gasteiger partial charge in [-0.05, 0) is 25.1 Å². The third-order valence-corrected chi connectivity index (χ3v) is 4.45. The molecule has 0 atom stereocenters. The summed E-state index contributed by atoms with van der Waals surface area (Å²) in [5.74, 6) is 0. The molecule has 2 aromatic rings. The molecule has 0 spiro atoms. The summed E-state index contributed by atoms with van der Waals surface area (Å²) in [5.41, 5.74) is 1.92. The fourth-order valence-corrected chi connectivity index (χ4v) is 3.60. The number of halogens is 1. The minimum atomic E-state index is 0.0131. The van der Waals surface area contributed by atoms with E-state index < -0.39 is 0 Å². The van der Waals surface area contributed by atoms with Crippen LogP contribution in [0.5, 0.6) is 0 Å². The molecule has 0 saturated carbocycles. The van der Waals surface area contributed by atoms with E-state index in [1.165, 1.54) is 4.88 Å². The molecule has 0 unspecified atom stereocenters. The van der Waals surface area contributed by atoms with Crippen molar-refractivity contribution in [3.63, 3.8) is 0 Å². The summed E-state index contributed by atoms with van der Waals surface area (Å²) in [5, 5.41) is 5.01. The van der Waals surface area contributed by atoms with Crippen molar-refractivity contribution in [1.29, 1.82) is 0 Å². The van der Waals surface area contributed by atoms with Crippen molar-refractivity contribution in [2.24, 2.45) is 0 Å². The van der Waals surface area contributed by atoms with Gasteiger partial charge in [0.1, 0.15) is 10.7 Å². The molecular weight excluding hydrogens is 302 g/mol. The molecule has 0 aliphatic rings. The molecule has 5 heteroatoms. The lowest BCUT2D eigenvalue weighted by Crippen LogP contribution is -2.19. The van der Waals surface area contributed by atoms with Crippen LogP contribution in [-0.4, -0.2) is 16.5 Å². The number of rotatable bonds is 5. The second-order valence-corrected chi connectivity index (χ2v) is 7.54. The summed E-state index contributed by atoms with van der Waals surface area (Å²) in [7, 11) is 0. The molecule has 2 aromatic heterocycles. The number of thiazole rings is 1. The largest absolute Gasteiger partial charge is 0.312 e. The topological polar surface area (TPSA) is 37.8 Å². The molecule has 0 radical (unpaired) electrons. The van der Waals surface area contributed by atoms with Gasteiger partial charge < -0.3 is 5.32 Å². The molecule has 0 fully saturated rings. The third kappa shape index (κ3) is 4.02. The van der Waals surface area contributed by atoms with E-state index in [1.54, 1.807) is 17.5 Å². The van der Waals surface area contributed by atoms with E-state index in [0.717, 1.165) is 35.9 Å². The maximum atomic E-state index is 6.25. The van der Waals surface area contributed by atoms with Crippen molar-refractivity contribution in [3.8, 4) is 10.7 Å². The zero-order chi connectivity index (χ0) is 15.5. The van der Waals surface area contributed by atoms with Crippen LogP contribution in [0.3, 0.4) is 0 Å². The van der Waals surface area contributed by atoms with Crippen molar-refractivity contribution in [3.05, 3.63) is 33.9 Å². The monoisotopic (exact) mass is 323 g/mol. The number of pyridine rings is 1. The number of hydrogen-bond acceptors (Lipinski definition) is 4. The predicted octanol–water partition coefficient (Wildman–Crippen LogP) is 4.66. The fraction of sp³-hybridized carbons (Fsp3) is 0.500. The third-order valence-electron chi connectivity index (χ3n) is 3.08. The summed E-state index contributed by atoms with van der Waals surface area (Å²) < 4.78 is 0. The fourth-order valence-electron chi connectivity index (χ4n) is 2.08. The van der Waals surface area contributed by atoms with Crippen molar-refractivity contribution < 1.29 is 0 Å². The van der Waals surface area contributed by atoms with Crippen molar-refractivity contribution >= 4 is 22.9 Å². The zero-order valence-corrected chi connectivity index (χ0v) is 14.6. The first-order valence-electron chi connectivity index (χ1n) is 7.25. The number of nitrogens with one attached hydrogen (secondary N) is 1. The first-order chi connectivity index (χ1) is 9.93. The van der Waals surface area contributed by atoms with Crippen LogP contribution < -0.4 is 5.32 Å². The highest BCUT2D eigenvalue weighted by molar-refractivity contribution is 7.15. The minimum Gasteiger partial charge on any atom is -0.312 e. The van der Waals surface area contributed by atoms with Gasteiger partial charge in [-0.2, -0.15) is 0 Å². The number of hydrogen-bond donors (Lipinski definition) is 1. The molecule has 0 aromatic carbocycles. The van der Waals surface area contributed by atoms with Gasteiger partial charge in [0, 0.05) is 23.0 Å². The van der Waals surface area contributed by atoms with Gasteiger partial charge in [0.2, 0.25) is 0 Å². The van der Waals surface area contributed by atoms with Crippen molar-refractivity contribution in [2.45, 2.75) is 46.1 Å². The highest BCUT2D eigenvalue weighted by atomic mass is 35.5. The normalized spacial score (nSPS) is 11.9. The highest BCUT2D eigenvalue weighted by Crippen LogP contribution is 2.35. The Labute approximate surface area is 135 Å². The van der Waals surface area contributed by atoms with E-state index in [4.69, 9.17) is 16.6 Å². The lowest BCUT2D eigenvalue weighted by atomic mass is 9.91. The van der Waals surface area contributed by atoms with Gasteiger partial charge >= 0.3 is 0 Å². The van der Waals surface area contributed by atoms with Crippen LogP contribution in [-0.2, 0) is 12.0 Å². The van der Waals surface area contributed by atoms with E-state index >= 15 is 0 Å². The molecule has 0 amide bonds. The summed E-state index contributed by atoms with van der Waals surface area (Å²) >= 11 is 7.93. The quantitative estimate of drug-likeness (QED) is 0.813. The number of nitrogens with zero attached hydrogens (tertiary/aromatic N) is 2. The van der Waals surface area contributed by atoms with Gasteiger partial charge in [0.15, 0.2) is 0 Å². The zero-order valence-electron chi connectivity index (χ0n) is 13.0. The van der Waals surface area contributed by atoms with Crippen LogP contribution >= 0.6 is 22.9 Å². The smallest absolute Gasteiger partial charge is 0.143 e. The van der Waals surface area contributed by atoms with E-state index in [2.05, 4.69) is 38.0 Å². The molecule has 21 heavy (non-hydrogen) atoms. The highest BCUT2D eigenvalue weighted by Gasteiger charge is 2.24. The van der Waals surface area contributed by atoms with E-state index in [0.29, 0.717) is 5.02 Å². The Hall–Kier alpha value is -0.970. The van der Waals surface area contributed by atoms with Crippen molar-refractivity contribution in [2.75, 3.05) is 6.54 Å². The van der Waals surface area contributed by atoms with Gasteiger partial charge in [-0.25, -0.2) is 4.98 Å². The molecule has 0 saturated heterocycles. The Morgan fingerprint density at radius 2 is 2.10 bits per heavy atom. The second kappa shape index (κ2) is 6.86. The molecule has 2 rings (SSSR count). The maximum absolute atomic E-state index is 6.25. The molecule has 0 aliphatic carbocycles. The first kappa shape index (κ1) is 16.4. The van der Waals surface area contributed by atoms with Gasteiger partial charge in [-0.1, -0.05) is 39.3 Å². The molecule has 114 valence electrons.